The zero-order chi connectivity index (χ0) is 13.7. The van der Waals surface area contributed by atoms with Gasteiger partial charge in [-0.05, 0) is 38.6 Å². The van der Waals surface area contributed by atoms with Gasteiger partial charge in [0.25, 0.3) is 0 Å². The van der Waals surface area contributed by atoms with E-state index in [-0.39, 0.29) is 17.9 Å². The first-order valence-electron chi connectivity index (χ1n) is 7.33. The van der Waals surface area contributed by atoms with Gasteiger partial charge in [-0.25, -0.2) is 4.79 Å². The third-order valence-corrected chi connectivity index (χ3v) is 4.17. The molecule has 0 aromatic rings. The lowest BCUT2D eigenvalue weighted by Crippen LogP contribution is -2.42. The van der Waals surface area contributed by atoms with E-state index < -0.39 is 0 Å². The molecule has 19 heavy (non-hydrogen) atoms. The number of rotatable bonds is 4. The maximum Gasteiger partial charge on any atom is 0.328 e. The molecule has 2 saturated heterocycles. The van der Waals surface area contributed by atoms with Crippen LogP contribution in [0.5, 0.6) is 0 Å². The molecular formula is C14H24N2O3. The fourth-order valence-corrected chi connectivity index (χ4v) is 3.06. The average Bonchev–Trinajstić information content (AvgIpc) is 2.94. The van der Waals surface area contributed by atoms with E-state index in [1.807, 2.05) is 0 Å². The lowest BCUT2D eigenvalue weighted by molar-refractivity contribution is -0.151. The van der Waals surface area contributed by atoms with E-state index >= 15 is 0 Å². The first-order valence-corrected chi connectivity index (χ1v) is 7.33. The first kappa shape index (κ1) is 14.3. The summed E-state index contributed by atoms with van der Waals surface area (Å²) in [7, 11) is 1.38. The monoisotopic (exact) mass is 268 g/mol. The van der Waals surface area contributed by atoms with E-state index in [2.05, 4.69) is 5.32 Å². The van der Waals surface area contributed by atoms with Crippen LogP contribution < -0.4 is 5.32 Å². The summed E-state index contributed by atoms with van der Waals surface area (Å²) in [5, 5.41) is 3.45. The highest BCUT2D eigenvalue weighted by Gasteiger charge is 2.34. The molecule has 0 radical (unpaired) electrons. The number of nitrogens with one attached hydrogen (secondary N) is 1. The molecule has 0 saturated carbocycles. The van der Waals surface area contributed by atoms with Crippen LogP contribution in [0, 0.1) is 0 Å². The number of nitrogens with zero attached hydrogens (tertiary/aromatic N) is 1. The molecule has 2 heterocycles. The van der Waals surface area contributed by atoms with Crippen LogP contribution in [0.1, 0.15) is 44.9 Å². The first-order chi connectivity index (χ1) is 9.22. The third kappa shape index (κ3) is 3.69. The quantitative estimate of drug-likeness (QED) is 0.775. The number of ether oxygens (including phenoxy) is 1. The van der Waals surface area contributed by atoms with Gasteiger partial charge in [0.2, 0.25) is 5.91 Å². The summed E-state index contributed by atoms with van der Waals surface area (Å²) in [6, 6.07) is 0.119. The predicted octanol–water partition coefficient (Wildman–Crippen LogP) is 1.07. The summed E-state index contributed by atoms with van der Waals surface area (Å²) in [5.41, 5.74) is 0. The molecule has 1 amide bonds. The van der Waals surface area contributed by atoms with Crippen LogP contribution >= 0.6 is 0 Å². The molecule has 108 valence electrons. The van der Waals surface area contributed by atoms with Crippen LogP contribution in [0.3, 0.4) is 0 Å². The standard InChI is InChI=1S/C14H24N2O3/c1-19-14(18)12-6-4-10-16(12)13(17)8-7-11-5-2-3-9-15-11/h11-12,15H,2-10H2,1H3. The van der Waals surface area contributed by atoms with Gasteiger partial charge in [0.05, 0.1) is 7.11 Å². The Morgan fingerprint density at radius 1 is 1.26 bits per heavy atom. The van der Waals surface area contributed by atoms with Gasteiger partial charge in [-0.2, -0.15) is 0 Å². The van der Waals surface area contributed by atoms with Gasteiger partial charge < -0.3 is 15.0 Å². The number of amides is 1. The fraction of sp³-hybridized carbons (Fsp3) is 0.857. The second kappa shape index (κ2) is 6.89. The summed E-state index contributed by atoms with van der Waals surface area (Å²) < 4.78 is 4.76. The summed E-state index contributed by atoms with van der Waals surface area (Å²) >= 11 is 0. The van der Waals surface area contributed by atoms with Crippen molar-refractivity contribution < 1.29 is 14.3 Å². The molecule has 5 heteroatoms. The number of hydrogen-bond donors (Lipinski definition) is 1. The molecule has 1 N–H and O–H groups in total. The number of carbonyl (C=O) groups excluding carboxylic acids is 2. The number of hydrogen-bond acceptors (Lipinski definition) is 4. The van der Waals surface area contributed by atoms with Gasteiger partial charge in [0, 0.05) is 19.0 Å². The molecule has 0 bridgehead atoms. The lowest BCUT2D eigenvalue weighted by Gasteiger charge is -2.26. The molecule has 0 spiro atoms. The van der Waals surface area contributed by atoms with E-state index in [1.165, 1.54) is 20.0 Å². The van der Waals surface area contributed by atoms with Crippen LogP contribution in [0.2, 0.25) is 0 Å². The molecular weight excluding hydrogens is 244 g/mol. The Hall–Kier alpha value is -1.10. The van der Waals surface area contributed by atoms with Gasteiger partial charge in [-0.3, -0.25) is 4.79 Å². The zero-order valence-corrected chi connectivity index (χ0v) is 11.7. The zero-order valence-electron chi connectivity index (χ0n) is 11.7. The number of likely N-dealkylation sites (tertiary alicyclic amines) is 1. The summed E-state index contributed by atoms with van der Waals surface area (Å²) in [4.78, 5) is 25.5. The Morgan fingerprint density at radius 2 is 2.11 bits per heavy atom. The van der Waals surface area contributed by atoms with Crippen LogP contribution in [0.15, 0.2) is 0 Å². The Bertz CT molecular complexity index is 327. The van der Waals surface area contributed by atoms with Crippen molar-refractivity contribution in [1.82, 2.24) is 10.2 Å². The largest absolute Gasteiger partial charge is 0.467 e. The molecule has 2 fully saturated rings. The number of esters is 1. The summed E-state index contributed by atoms with van der Waals surface area (Å²) in [6.07, 6.45) is 6.69. The average molecular weight is 268 g/mol. The maximum atomic E-state index is 12.2. The highest BCUT2D eigenvalue weighted by atomic mass is 16.5. The van der Waals surface area contributed by atoms with Crippen molar-refractivity contribution in [1.29, 1.82) is 0 Å². The smallest absolute Gasteiger partial charge is 0.328 e. The Balaban J connectivity index is 1.79. The topological polar surface area (TPSA) is 58.6 Å². The van der Waals surface area contributed by atoms with E-state index in [9.17, 15) is 9.59 Å². The minimum absolute atomic E-state index is 0.0975. The third-order valence-electron chi connectivity index (χ3n) is 4.17. The SMILES string of the molecule is COC(=O)C1CCCN1C(=O)CCC1CCCCN1. The minimum Gasteiger partial charge on any atom is -0.467 e. The fourth-order valence-electron chi connectivity index (χ4n) is 3.06. The lowest BCUT2D eigenvalue weighted by atomic mass is 10.0. The van der Waals surface area contributed by atoms with Crippen molar-refractivity contribution in [2.45, 2.75) is 57.0 Å². The van der Waals surface area contributed by atoms with Crippen molar-refractivity contribution in [2.24, 2.45) is 0 Å². The van der Waals surface area contributed by atoms with E-state index in [4.69, 9.17) is 4.74 Å². The van der Waals surface area contributed by atoms with Gasteiger partial charge in [0.1, 0.15) is 6.04 Å². The summed E-state index contributed by atoms with van der Waals surface area (Å²) in [6.45, 7) is 1.75. The van der Waals surface area contributed by atoms with E-state index in [1.54, 1.807) is 4.90 Å². The Kier molecular flexibility index (Phi) is 5.19. The van der Waals surface area contributed by atoms with Crippen LogP contribution in [0.25, 0.3) is 0 Å². The van der Waals surface area contributed by atoms with Gasteiger partial charge in [0.15, 0.2) is 0 Å². The van der Waals surface area contributed by atoms with Gasteiger partial charge in [-0.1, -0.05) is 6.42 Å². The van der Waals surface area contributed by atoms with Crippen LogP contribution in [0.4, 0.5) is 0 Å². The van der Waals surface area contributed by atoms with Crippen LogP contribution in [-0.4, -0.2) is 49.1 Å². The molecule has 5 nitrogen and oxygen atoms in total. The molecule has 2 aliphatic rings. The van der Waals surface area contributed by atoms with Crippen molar-refractivity contribution in [3.8, 4) is 0 Å². The Morgan fingerprint density at radius 3 is 2.79 bits per heavy atom. The van der Waals surface area contributed by atoms with E-state index in [0.717, 1.165) is 32.2 Å². The molecule has 2 rings (SSSR count). The highest BCUT2D eigenvalue weighted by Crippen LogP contribution is 2.21. The molecule has 0 aliphatic carbocycles. The van der Waals surface area contributed by atoms with Crippen molar-refractivity contribution >= 4 is 11.9 Å². The Labute approximate surface area is 114 Å². The normalized spacial score (nSPS) is 27.3. The minimum atomic E-state index is -0.350. The molecule has 0 aromatic carbocycles. The molecule has 2 aliphatic heterocycles. The van der Waals surface area contributed by atoms with Gasteiger partial charge in [-0.15, -0.1) is 0 Å². The number of carbonyl (C=O) groups is 2. The van der Waals surface area contributed by atoms with Crippen LogP contribution in [-0.2, 0) is 14.3 Å². The van der Waals surface area contributed by atoms with Crippen molar-refractivity contribution in [2.75, 3.05) is 20.2 Å². The van der Waals surface area contributed by atoms with E-state index in [0.29, 0.717) is 19.0 Å². The highest BCUT2D eigenvalue weighted by molar-refractivity contribution is 5.85. The van der Waals surface area contributed by atoms with Crippen molar-refractivity contribution in [3.05, 3.63) is 0 Å². The summed E-state index contributed by atoms with van der Waals surface area (Å²) in [5.74, 6) is -0.179. The second-order valence-corrected chi connectivity index (χ2v) is 5.45. The van der Waals surface area contributed by atoms with Gasteiger partial charge >= 0.3 is 5.97 Å². The molecule has 0 aromatic heterocycles. The predicted molar refractivity (Wildman–Crippen MR) is 71.6 cm³/mol. The molecule has 2 atom stereocenters. The number of piperidine rings is 1. The maximum absolute atomic E-state index is 12.2. The molecule has 2 unspecified atom stereocenters. The second-order valence-electron chi connectivity index (χ2n) is 5.45. The van der Waals surface area contributed by atoms with Crippen molar-refractivity contribution in [3.63, 3.8) is 0 Å². The number of methoxy groups -OCH3 is 1.